The van der Waals surface area contributed by atoms with E-state index in [1.807, 2.05) is 52.7 Å². The van der Waals surface area contributed by atoms with Crippen molar-refractivity contribution in [3.05, 3.63) is 58.3 Å². The van der Waals surface area contributed by atoms with E-state index in [0.717, 1.165) is 23.3 Å². The third-order valence-corrected chi connectivity index (χ3v) is 5.35. The van der Waals surface area contributed by atoms with Gasteiger partial charge in [-0.1, -0.05) is 49.7 Å². The smallest absolute Gasteiger partial charge is 0.242 e. The van der Waals surface area contributed by atoms with Gasteiger partial charge in [-0.05, 0) is 23.4 Å². The lowest BCUT2D eigenvalue weighted by molar-refractivity contribution is -0.141. The minimum Gasteiger partial charge on any atom is -0.383 e. The molecule has 1 heterocycles. The molecule has 0 fully saturated rings. The molecule has 0 aliphatic carbocycles. The Kier molecular flexibility index (Phi) is 9.72. The van der Waals surface area contributed by atoms with E-state index in [1.54, 1.807) is 23.3 Å². The van der Waals surface area contributed by atoms with Gasteiger partial charge in [0.2, 0.25) is 11.8 Å². The Labute approximate surface area is 171 Å². The number of methoxy groups -OCH3 is 1. The summed E-state index contributed by atoms with van der Waals surface area (Å²) in [6, 6.07) is 14.0. The molecule has 152 valence electrons. The van der Waals surface area contributed by atoms with Gasteiger partial charge < -0.3 is 14.5 Å². The number of rotatable bonds is 12. The van der Waals surface area contributed by atoms with Gasteiger partial charge in [-0.15, -0.1) is 11.3 Å². The lowest BCUT2D eigenvalue weighted by Gasteiger charge is -2.27. The summed E-state index contributed by atoms with van der Waals surface area (Å²) in [6.45, 7) is 4.08. The lowest BCUT2D eigenvalue weighted by Crippen LogP contribution is -2.43. The molecule has 0 aliphatic heterocycles. The summed E-state index contributed by atoms with van der Waals surface area (Å²) in [5.41, 5.74) is 1.08. The summed E-state index contributed by atoms with van der Waals surface area (Å²) in [7, 11) is 1.61. The number of benzene rings is 1. The largest absolute Gasteiger partial charge is 0.383 e. The number of unbranched alkanes of at least 4 members (excludes halogenated alkanes) is 1. The second-order valence-electron chi connectivity index (χ2n) is 6.73. The van der Waals surface area contributed by atoms with Gasteiger partial charge in [-0.2, -0.15) is 0 Å². The number of hydrogen-bond acceptors (Lipinski definition) is 4. The Bertz CT molecular complexity index is 704. The summed E-state index contributed by atoms with van der Waals surface area (Å²) >= 11 is 1.63. The number of hydrogen-bond donors (Lipinski definition) is 0. The molecule has 0 saturated heterocycles. The summed E-state index contributed by atoms with van der Waals surface area (Å²) in [5, 5.41) is 2.01. The Morgan fingerprint density at radius 3 is 2.43 bits per heavy atom. The molecule has 5 nitrogen and oxygen atoms in total. The zero-order chi connectivity index (χ0) is 20.2. The summed E-state index contributed by atoms with van der Waals surface area (Å²) in [5.74, 6) is -0.0266. The average molecular weight is 403 g/mol. The molecule has 0 saturated carbocycles. The van der Waals surface area contributed by atoms with Crippen LogP contribution < -0.4 is 0 Å². The third kappa shape index (κ3) is 7.44. The van der Waals surface area contributed by atoms with Crippen molar-refractivity contribution in [1.29, 1.82) is 0 Å². The van der Waals surface area contributed by atoms with Crippen molar-refractivity contribution in [3.8, 4) is 0 Å². The number of carbonyl (C=O) groups is 2. The van der Waals surface area contributed by atoms with Crippen LogP contribution in [-0.4, -0.2) is 48.4 Å². The first-order chi connectivity index (χ1) is 13.6. The molecule has 0 spiro atoms. The highest BCUT2D eigenvalue weighted by Gasteiger charge is 2.21. The number of carbonyl (C=O) groups excluding carboxylic acids is 2. The van der Waals surface area contributed by atoms with Crippen LogP contribution in [0.25, 0.3) is 0 Å². The topological polar surface area (TPSA) is 49.9 Å². The van der Waals surface area contributed by atoms with Gasteiger partial charge in [-0.25, -0.2) is 0 Å². The van der Waals surface area contributed by atoms with Crippen LogP contribution in [-0.2, 0) is 27.4 Å². The Morgan fingerprint density at radius 2 is 1.79 bits per heavy atom. The first-order valence-electron chi connectivity index (χ1n) is 9.74. The number of ether oxygens (including phenoxy) is 1. The van der Waals surface area contributed by atoms with E-state index in [-0.39, 0.29) is 18.4 Å². The van der Waals surface area contributed by atoms with Crippen LogP contribution >= 0.6 is 11.3 Å². The zero-order valence-corrected chi connectivity index (χ0v) is 17.6. The van der Waals surface area contributed by atoms with Crippen LogP contribution in [0, 0.1) is 0 Å². The number of thiophene rings is 1. The van der Waals surface area contributed by atoms with Crippen LogP contribution in [0.2, 0.25) is 0 Å². The number of nitrogens with zero attached hydrogens (tertiary/aromatic N) is 2. The van der Waals surface area contributed by atoms with Crippen molar-refractivity contribution < 1.29 is 14.3 Å². The van der Waals surface area contributed by atoms with Gasteiger partial charge in [-0.3, -0.25) is 9.59 Å². The van der Waals surface area contributed by atoms with Gasteiger partial charge in [0.25, 0.3) is 0 Å². The SMILES string of the molecule is CCCCC(=O)N(CCOC)CC(=O)N(Cc1ccccc1)Cc1cccs1. The lowest BCUT2D eigenvalue weighted by atomic mass is 10.2. The molecule has 2 amide bonds. The summed E-state index contributed by atoms with van der Waals surface area (Å²) < 4.78 is 5.13. The van der Waals surface area contributed by atoms with Gasteiger partial charge in [0.1, 0.15) is 0 Å². The van der Waals surface area contributed by atoms with E-state index in [1.165, 1.54) is 0 Å². The first-order valence-corrected chi connectivity index (χ1v) is 10.6. The first kappa shape index (κ1) is 22.1. The molecule has 0 radical (unpaired) electrons. The van der Waals surface area contributed by atoms with Crippen molar-refractivity contribution in [2.45, 2.75) is 39.3 Å². The molecule has 2 rings (SSSR count). The zero-order valence-electron chi connectivity index (χ0n) is 16.8. The number of amides is 2. The molecule has 28 heavy (non-hydrogen) atoms. The van der Waals surface area contributed by atoms with E-state index in [4.69, 9.17) is 4.74 Å². The molecule has 1 aromatic heterocycles. The van der Waals surface area contributed by atoms with Crippen molar-refractivity contribution in [2.75, 3.05) is 26.8 Å². The molecular formula is C22H30N2O3S. The molecule has 0 unspecified atom stereocenters. The van der Waals surface area contributed by atoms with Gasteiger partial charge in [0.15, 0.2) is 0 Å². The molecule has 1 aromatic carbocycles. The fraction of sp³-hybridized carbons (Fsp3) is 0.455. The molecular weight excluding hydrogens is 372 g/mol. The Hall–Kier alpha value is -2.18. The maximum absolute atomic E-state index is 13.1. The van der Waals surface area contributed by atoms with Crippen LogP contribution in [0.3, 0.4) is 0 Å². The average Bonchev–Trinajstić information content (AvgIpc) is 3.22. The van der Waals surface area contributed by atoms with Gasteiger partial charge in [0, 0.05) is 31.5 Å². The molecule has 6 heteroatoms. The normalized spacial score (nSPS) is 10.6. The fourth-order valence-electron chi connectivity index (χ4n) is 2.87. The van der Waals surface area contributed by atoms with Crippen LogP contribution in [0.4, 0.5) is 0 Å². The standard InChI is InChI=1S/C22H30N2O3S/c1-3-4-12-21(25)23(13-14-27-2)18-22(26)24(17-20-11-8-15-28-20)16-19-9-6-5-7-10-19/h5-11,15H,3-4,12-14,16-18H2,1-2H3. The third-order valence-electron chi connectivity index (χ3n) is 4.48. The molecule has 0 atom stereocenters. The maximum Gasteiger partial charge on any atom is 0.242 e. The molecule has 2 aromatic rings. The van der Waals surface area contributed by atoms with E-state index in [9.17, 15) is 9.59 Å². The van der Waals surface area contributed by atoms with Crippen molar-refractivity contribution in [2.24, 2.45) is 0 Å². The summed E-state index contributed by atoms with van der Waals surface area (Å²) in [6.07, 6.45) is 2.26. The monoisotopic (exact) mass is 402 g/mol. The molecule has 0 bridgehead atoms. The van der Waals surface area contributed by atoms with Crippen molar-refractivity contribution >= 4 is 23.2 Å². The predicted octanol–water partition coefficient (Wildman–Crippen LogP) is 3.94. The van der Waals surface area contributed by atoms with E-state index < -0.39 is 0 Å². The Balaban J connectivity index is 2.09. The molecule has 0 N–H and O–H groups in total. The highest BCUT2D eigenvalue weighted by Crippen LogP contribution is 2.15. The van der Waals surface area contributed by atoms with Gasteiger partial charge in [0.05, 0.1) is 19.7 Å². The van der Waals surface area contributed by atoms with Crippen LogP contribution in [0.1, 0.15) is 36.6 Å². The van der Waals surface area contributed by atoms with E-state index in [2.05, 4.69) is 6.92 Å². The highest BCUT2D eigenvalue weighted by molar-refractivity contribution is 7.09. The van der Waals surface area contributed by atoms with Crippen molar-refractivity contribution in [3.63, 3.8) is 0 Å². The fourth-order valence-corrected chi connectivity index (χ4v) is 3.59. The maximum atomic E-state index is 13.1. The predicted molar refractivity (Wildman–Crippen MR) is 113 cm³/mol. The van der Waals surface area contributed by atoms with Crippen LogP contribution in [0.15, 0.2) is 47.8 Å². The van der Waals surface area contributed by atoms with E-state index in [0.29, 0.717) is 32.7 Å². The molecule has 0 aliphatic rings. The highest BCUT2D eigenvalue weighted by atomic mass is 32.1. The van der Waals surface area contributed by atoms with Crippen molar-refractivity contribution in [1.82, 2.24) is 9.80 Å². The van der Waals surface area contributed by atoms with Crippen LogP contribution in [0.5, 0.6) is 0 Å². The van der Waals surface area contributed by atoms with Gasteiger partial charge >= 0.3 is 0 Å². The Morgan fingerprint density at radius 1 is 1.00 bits per heavy atom. The summed E-state index contributed by atoms with van der Waals surface area (Å²) in [4.78, 5) is 30.3. The van der Waals surface area contributed by atoms with E-state index >= 15 is 0 Å². The second-order valence-corrected chi connectivity index (χ2v) is 7.76. The minimum absolute atomic E-state index is 0.0167. The second kappa shape index (κ2) is 12.3. The quantitative estimate of drug-likeness (QED) is 0.540. The minimum atomic E-state index is -0.0433.